The number of thioether (sulfide) groups is 1. The summed E-state index contributed by atoms with van der Waals surface area (Å²) in [6.45, 7) is 4.50. The van der Waals surface area contributed by atoms with Gasteiger partial charge in [-0.2, -0.15) is 0 Å². The van der Waals surface area contributed by atoms with Crippen molar-refractivity contribution in [2.24, 2.45) is 5.73 Å². The largest absolute Gasteiger partial charge is 0.376 e. The summed E-state index contributed by atoms with van der Waals surface area (Å²) in [7, 11) is 0. The van der Waals surface area contributed by atoms with Gasteiger partial charge in [-0.25, -0.2) is 0 Å². The number of amides is 2. The average Bonchev–Trinajstić information content (AvgIpc) is 2.46. The number of rotatable bonds is 6. The molecular formula is C15H21N3O3S. The van der Waals surface area contributed by atoms with Gasteiger partial charge in [0.1, 0.15) is 0 Å². The van der Waals surface area contributed by atoms with E-state index < -0.39 is 0 Å². The molecule has 6 nitrogen and oxygen atoms in total. The van der Waals surface area contributed by atoms with Gasteiger partial charge in [0.2, 0.25) is 11.8 Å². The summed E-state index contributed by atoms with van der Waals surface area (Å²) in [4.78, 5) is 26.0. The second kappa shape index (κ2) is 8.17. The van der Waals surface area contributed by atoms with Gasteiger partial charge >= 0.3 is 0 Å². The fourth-order valence-electron chi connectivity index (χ4n) is 2.27. The lowest BCUT2D eigenvalue weighted by Gasteiger charge is -2.30. The van der Waals surface area contributed by atoms with Crippen molar-refractivity contribution in [1.29, 1.82) is 0 Å². The third-order valence-corrected chi connectivity index (χ3v) is 4.32. The molecule has 1 aromatic carbocycles. The molecule has 0 aliphatic carbocycles. The number of nitrogens with two attached hydrogens (primary N) is 1. The highest BCUT2D eigenvalue weighted by Gasteiger charge is 2.19. The maximum atomic E-state index is 12.2. The number of anilines is 1. The van der Waals surface area contributed by atoms with Crippen molar-refractivity contribution in [3.63, 3.8) is 0 Å². The molecule has 2 amide bonds. The maximum absolute atomic E-state index is 12.2. The van der Waals surface area contributed by atoms with E-state index in [0.717, 1.165) is 18.0 Å². The first-order valence-corrected chi connectivity index (χ1v) is 8.17. The first kappa shape index (κ1) is 16.8. The fraction of sp³-hybridized carbons (Fsp3) is 0.467. The zero-order chi connectivity index (χ0) is 15.9. The van der Waals surface area contributed by atoms with Gasteiger partial charge in [0.25, 0.3) is 0 Å². The monoisotopic (exact) mass is 323 g/mol. The summed E-state index contributed by atoms with van der Waals surface area (Å²) in [5.41, 5.74) is 5.87. The van der Waals surface area contributed by atoms with E-state index in [2.05, 4.69) is 10.2 Å². The Hall–Kier alpha value is -1.57. The second-order valence-electron chi connectivity index (χ2n) is 5.22. The number of benzene rings is 1. The molecule has 7 heteroatoms. The van der Waals surface area contributed by atoms with Gasteiger partial charge in [0.15, 0.2) is 0 Å². The van der Waals surface area contributed by atoms with Gasteiger partial charge in [0.05, 0.1) is 30.7 Å². The SMILES string of the molecule is C[C@H]1CN(CC(=O)Nc2ccccc2SCC(N)=O)CCO1. The van der Waals surface area contributed by atoms with Gasteiger partial charge in [-0.05, 0) is 19.1 Å². The van der Waals surface area contributed by atoms with Crippen LogP contribution < -0.4 is 11.1 Å². The number of primary amides is 1. The lowest BCUT2D eigenvalue weighted by Crippen LogP contribution is -2.44. The number of nitrogens with zero attached hydrogens (tertiary/aromatic N) is 1. The quantitative estimate of drug-likeness (QED) is 0.761. The van der Waals surface area contributed by atoms with Gasteiger partial charge in [-0.1, -0.05) is 12.1 Å². The van der Waals surface area contributed by atoms with Crippen molar-refractivity contribution in [1.82, 2.24) is 4.90 Å². The van der Waals surface area contributed by atoms with Crippen molar-refractivity contribution in [3.8, 4) is 0 Å². The number of ether oxygens (including phenoxy) is 1. The summed E-state index contributed by atoms with van der Waals surface area (Å²) in [6.07, 6.45) is 0.153. The van der Waals surface area contributed by atoms with Crippen LogP contribution in [0.2, 0.25) is 0 Å². The number of para-hydroxylation sites is 1. The molecule has 0 aromatic heterocycles. The molecule has 1 saturated heterocycles. The molecule has 2 rings (SSSR count). The maximum Gasteiger partial charge on any atom is 0.238 e. The number of hydrogen-bond donors (Lipinski definition) is 2. The molecule has 120 valence electrons. The smallest absolute Gasteiger partial charge is 0.238 e. The molecule has 1 atom stereocenters. The molecule has 3 N–H and O–H groups in total. The number of carbonyl (C=O) groups is 2. The number of hydrogen-bond acceptors (Lipinski definition) is 5. The summed E-state index contributed by atoms with van der Waals surface area (Å²) >= 11 is 1.32. The van der Waals surface area contributed by atoms with E-state index in [0.29, 0.717) is 18.8 Å². The Bertz CT molecular complexity index is 539. The van der Waals surface area contributed by atoms with Gasteiger partial charge in [-0.3, -0.25) is 14.5 Å². The predicted molar refractivity (Wildman–Crippen MR) is 86.8 cm³/mol. The van der Waals surface area contributed by atoms with Gasteiger partial charge in [-0.15, -0.1) is 11.8 Å². The van der Waals surface area contributed by atoms with Crippen molar-refractivity contribution in [3.05, 3.63) is 24.3 Å². The molecule has 0 radical (unpaired) electrons. The Morgan fingerprint density at radius 3 is 2.95 bits per heavy atom. The minimum Gasteiger partial charge on any atom is -0.376 e. The first-order valence-electron chi connectivity index (χ1n) is 7.18. The molecular weight excluding hydrogens is 302 g/mol. The Kier molecular flexibility index (Phi) is 6.23. The van der Waals surface area contributed by atoms with Crippen LogP contribution in [-0.4, -0.2) is 54.8 Å². The number of carbonyl (C=O) groups excluding carboxylic acids is 2. The summed E-state index contributed by atoms with van der Waals surface area (Å²) in [6, 6.07) is 7.40. The van der Waals surface area contributed by atoms with Crippen LogP contribution in [-0.2, 0) is 14.3 Å². The standard InChI is InChI=1S/C15H21N3O3S/c1-11-8-18(6-7-21-11)9-15(20)17-12-4-2-3-5-13(12)22-10-14(16)19/h2-5,11H,6-10H2,1H3,(H2,16,19)(H,17,20)/t11-/m0/s1. The molecule has 1 fully saturated rings. The van der Waals surface area contributed by atoms with Gasteiger partial charge in [0, 0.05) is 18.0 Å². The number of morpholine rings is 1. The lowest BCUT2D eigenvalue weighted by molar-refractivity contribution is -0.119. The van der Waals surface area contributed by atoms with E-state index in [-0.39, 0.29) is 23.7 Å². The zero-order valence-corrected chi connectivity index (χ0v) is 13.4. The fourth-order valence-corrected chi connectivity index (χ4v) is 3.02. The van der Waals surface area contributed by atoms with Gasteiger partial charge < -0.3 is 15.8 Å². The highest BCUT2D eigenvalue weighted by atomic mass is 32.2. The average molecular weight is 323 g/mol. The van der Waals surface area contributed by atoms with Crippen LogP contribution in [0, 0.1) is 0 Å². The van der Waals surface area contributed by atoms with Crippen LogP contribution >= 0.6 is 11.8 Å². The molecule has 1 aliphatic heterocycles. The van der Waals surface area contributed by atoms with Crippen molar-refractivity contribution in [2.75, 3.05) is 37.3 Å². The summed E-state index contributed by atoms with van der Waals surface area (Å²) in [5.74, 6) is -0.261. The Morgan fingerprint density at radius 2 is 2.23 bits per heavy atom. The van der Waals surface area contributed by atoms with Crippen LogP contribution in [0.3, 0.4) is 0 Å². The van der Waals surface area contributed by atoms with Crippen LogP contribution in [0.15, 0.2) is 29.2 Å². The Balaban J connectivity index is 1.91. The Morgan fingerprint density at radius 1 is 1.45 bits per heavy atom. The van der Waals surface area contributed by atoms with Crippen molar-refractivity contribution >= 4 is 29.3 Å². The molecule has 0 unspecified atom stereocenters. The van der Waals surface area contributed by atoms with E-state index in [4.69, 9.17) is 10.5 Å². The third kappa shape index (κ3) is 5.32. The zero-order valence-electron chi connectivity index (χ0n) is 12.6. The summed E-state index contributed by atoms with van der Waals surface area (Å²) < 4.78 is 5.46. The highest BCUT2D eigenvalue weighted by molar-refractivity contribution is 8.00. The normalized spacial score (nSPS) is 18.9. The van der Waals surface area contributed by atoms with Crippen LogP contribution in [0.1, 0.15) is 6.92 Å². The van der Waals surface area contributed by atoms with E-state index >= 15 is 0 Å². The van der Waals surface area contributed by atoms with E-state index in [1.165, 1.54) is 11.8 Å². The van der Waals surface area contributed by atoms with Crippen molar-refractivity contribution < 1.29 is 14.3 Å². The Labute approximate surface area is 134 Å². The summed E-state index contributed by atoms with van der Waals surface area (Å²) in [5, 5.41) is 2.90. The molecule has 1 aliphatic rings. The van der Waals surface area contributed by atoms with Crippen LogP contribution in [0.5, 0.6) is 0 Å². The van der Waals surface area contributed by atoms with Crippen LogP contribution in [0.25, 0.3) is 0 Å². The highest BCUT2D eigenvalue weighted by Crippen LogP contribution is 2.26. The molecule has 1 aromatic rings. The number of nitrogens with one attached hydrogen (secondary N) is 1. The molecule has 0 spiro atoms. The lowest BCUT2D eigenvalue weighted by atomic mass is 10.3. The van der Waals surface area contributed by atoms with E-state index in [9.17, 15) is 9.59 Å². The predicted octanol–water partition coefficient (Wildman–Crippen LogP) is 0.923. The third-order valence-electron chi connectivity index (χ3n) is 3.22. The molecule has 1 heterocycles. The second-order valence-corrected chi connectivity index (χ2v) is 6.23. The molecule has 22 heavy (non-hydrogen) atoms. The van der Waals surface area contributed by atoms with Crippen LogP contribution in [0.4, 0.5) is 5.69 Å². The van der Waals surface area contributed by atoms with E-state index in [1.807, 2.05) is 31.2 Å². The molecule has 0 bridgehead atoms. The molecule has 0 saturated carbocycles. The minimum atomic E-state index is -0.381. The van der Waals surface area contributed by atoms with E-state index in [1.54, 1.807) is 0 Å². The van der Waals surface area contributed by atoms with Crippen molar-refractivity contribution in [2.45, 2.75) is 17.9 Å². The first-order chi connectivity index (χ1) is 10.5. The minimum absolute atomic E-state index is 0.0683. The topological polar surface area (TPSA) is 84.7 Å².